The number of benzene rings is 1. The highest BCUT2D eigenvalue weighted by Gasteiger charge is 2.51. The van der Waals surface area contributed by atoms with Gasteiger partial charge in [-0.3, -0.25) is 0 Å². The van der Waals surface area contributed by atoms with Gasteiger partial charge in [-0.15, -0.1) is 0 Å². The molecule has 0 saturated carbocycles. The molecule has 1 heterocycles. The van der Waals surface area contributed by atoms with Gasteiger partial charge in [-0.05, 0) is 66.4 Å². The molecule has 32 heavy (non-hydrogen) atoms. The van der Waals surface area contributed by atoms with Gasteiger partial charge >= 0.3 is 19.2 Å². The van der Waals surface area contributed by atoms with E-state index in [1.807, 2.05) is 52.0 Å². The van der Waals surface area contributed by atoms with Gasteiger partial charge < -0.3 is 28.8 Å². The van der Waals surface area contributed by atoms with Gasteiger partial charge in [0.05, 0.1) is 30.5 Å². The number of nitrogens with one attached hydrogen (secondary N) is 1. The highest BCUT2D eigenvalue weighted by molar-refractivity contribution is 6.62. The zero-order valence-corrected chi connectivity index (χ0v) is 20.4. The first-order chi connectivity index (χ1) is 14.7. The Hall–Kier alpha value is -2.10. The Morgan fingerprint density at radius 2 is 1.62 bits per heavy atom. The Labute approximate surface area is 191 Å². The summed E-state index contributed by atoms with van der Waals surface area (Å²) >= 11 is 0. The second-order valence-corrected chi connectivity index (χ2v) is 9.77. The van der Waals surface area contributed by atoms with Crippen LogP contribution in [0.2, 0.25) is 0 Å². The minimum Gasteiger partial charge on any atom is -0.464 e. The lowest BCUT2D eigenvalue weighted by Gasteiger charge is -2.32. The van der Waals surface area contributed by atoms with E-state index in [1.54, 1.807) is 27.7 Å². The molecule has 9 heteroatoms. The van der Waals surface area contributed by atoms with Crippen LogP contribution < -0.4 is 10.8 Å². The van der Waals surface area contributed by atoms with Crippen LogP contribution in [0.3, 0.4) is 0 Å². The molecule has 1 N–H and O–H groups in total. The normalized spacial score (nSPS) is 18.2. The van der Waals surface area contributed by atoms with E-state index in [4.69, 9.17) is 23.5 Å². The molecule has 2 rings (SSSR count). The van der Waals surface area contributed by atoms with Crippen LogP contribution in [-0.2, 0) is 28.3 Å². The van der Waals surface area contributed by atoms with Crippen LogP contribution in [0.1, 0.15) is 67.0 Å². The fraction of sp³-hybridized carbons (Fsp3) is 0.652. The smallest absolute Gasteiger partial charge is 0.464 e. The maximum absolute atomic E-state index is 12.3. The maximum atomic E-state index is 12.3. The van der Waals surface area contributed by atoms with Crippen molar-refractivity contribution in [1.82, 2.24) is 5.32 Å². The fourth-order valence-corrected chi connectivity index (χ4v) is 3.00. The first-order valence-electron chi connectivity index (χ1n) is 10.9. The van der Waals surface area contributed by atoms with Crippen molar-refractivity contribution in [2.75, 3.05) is 19.8 Å². The molecule has 0 radical (unpaired) electrons. The summed E-state index contributed by atoms with van der Waals surface area (Å²) in [7, 11) is -0.480. The van der Waals surface area contributed by atoms with E-state index in [0.717, 1.165) is 11.0 Å². The van der Waals surface area contributed by atoms with Gasteiger partial charge in [0.15, 0.2) is 0 Å². The zero-order valence-electron chi connectivity index (χ0n) is 20.4. The predicted octanol–water partition coefficient (Wildman–Crippen LogP) is 3.13. The molecule has 178 valence electrons. The predicted molar refractivity (Wildman–Crippen MR) is 122 cm³/mol. The third kappa shape index (κ3) is 7.22. The summed E-state index contributed by atoms with van der Waals surface area (Å²) in [4.78, 5) is 23.9. The number of alkyl carbamates (subject to hydrolysis) is 1. The van der Waals surface area contributed by atoms with E-state index in [9.17, 15) is 9.59 Å². The van der Waals surface area contributed by atoms with Crippen molar-refractivity contribution >= 4 is 24.6 Å². The second kappa shape index (κ2) is 10.2. The summed E-state index contributed by atoms with van der Waals surface area (Å²) in [6.07, 6.45) is -0.572. The largest absolute Gasteiger partial charge is 0.494 e. The zero-order chi connectivity index (χ0) is 24.2. The molecular weight excluding hydrogens is 413 g/mol. The van der Waals surface area contributed by atoms with Crippen LogP contribution in [0.5, 0.6) is 0 Å². The number of carbonyl (C=O) groups is 2. The minimum atomic E-state index is -0.638. The average Bonchev–Trinajstić information content (AvgIpc) is 2.87. The molecule has 1 fully saturated rings. The first kappa shape index (κ1) is 26.2. The lowest BCUT2D eigenvalue weighted by molar-refractivity contribution is -0.148. The third-order valence-corrected chi connectivity index (χ3v) is 5.36. The molecule has 1 aromatic rings. The molecule has 1 aliphatic rings. The number of ether oxygens (including phenoxy) is 3. The lowest BCUT2D eigenvalue weighted by Crippen LogP contribution is -2.41. The van der Waals surface area contributed by atoms with Crippen LogP contribution in [0.15, 0.2) is 24.3 Å². The summed E-state index contributed by atoms with van der Waals surface area (Å²) in [5.41, 5.74) is 0.160. The summed E-state index contributed by atoms with van der Waals surface area (Å²) in [5.74, 6) is -0.459. The van der Waals surface area contributed by atoms with Crippen molar-refractivity contribution in [3.05, 3.63) is 29.8 Å². The molecule has 1 atom stereocenters. The summed E-state index contributed by atoms with van der Waals surface area (Å²) < 4.78 is 27.9. The number of carbonyl (C=O) groups excluding carboxylic acids is 2. The molecular formula is C23H36BNO7. The van der Waals surface area contributed by atoms with Crippen LogP contribution in [0.25, 0.3) is 0 Å². The highest BCUT2D eigenvalue weighted by atomic mass is 16.7. The molecule has 1 aliphatic heterocycles. The number of amides is 1. The summed E-state index contributed by atoms with van der Waals surface area (Å²) in [5, 5.41) is 2.81. The number of hydrogen-bond acceptors (Lipinski definition) is 7. The van der Waals surface area contributed by atoms with Gasteiger partial charge in [-0.1, -0.05) is 24.3 Å². The lowest BCUT2D eigenvalue weighted by atomic mass is 9.78. The van der Waals surface area contributed by atoms with Crippen molar-refractivity contribution in [3.63, 3.8) is 0 Å². The number of hydrogen-bond donors (Lipinski definition) is 1. The van der Waals surface area contributed by atoms with E-state index >= 15 is 0 Å². The van der Waals surface area contributed by atoms with Crippen molar-refractivity contribution < 1.29 is 33.1 Å². The van der Waals surface area contributed by atoms with E-state index in [2.05, 4.69) is 5.32 Å². The second-order valence-electron chi connectivity index (χ2n) is 9.77. The maximum Gasteiger partial charge on any atom is 0.494 e. The third-order valence-electron chi connectivity index (χ3n) is 5.36. The van der Waals surface area contributed by atoms with Crippen molar-refractivity contribution in [2.45, 2.75) is 78.2 Å². The van der Waals surface area contributed by atoms with Crippen molar-refractivity contribution in [2.24, 2.45) is 0 Å². The van der Waals surface area contributed by atoms with Gasteiger partial charge in [0.25, 0.3) is 0 Å². The quantitative estimate of drug-likeness (QED) is 0.482. The molecule has 1 saturated heterocycles. The van der Waals surface area contributed by atoms with E-state index in [-0.39, 0.29) is 19.8 Å². The van der Waals surface area contributed by atoms with Gasteiger partial charge in [0, 0.05) is 0 Å². The number of rotatable bonds is 8. The molecule has 1 amide bonds. The molecule has 0 unspecified atom stereocenters. The summed E-state index contributed by atoms with van der Waals surface area (Å²) in [6.45, 7) is 15.3. The molecule has 0 aromatic heterocycles. The molecule has 0 aliphatic carbocycles. The van der Waals surface area contributed by atoms with Gasteiger partial charge in [0.1, 0.15) is 12.2 Å². The molecule has 8 nitrogen and oxygen atoms in total. The van der Waals surface area contributed by atoms with Crippen molar-refractivity contribution in [1.29, 1.82) is 0 Å². The molecule has 1 aromatic carbocycles. The Morgan fingerprint density at radius 3 is 2.12 bits per heavy atom. The van der Waals surface area contributed by atoms with Crippen LogP contribution >= 0.6 is 0 Å². The van der Waals surface area contributed by atoms with E-state index in [0.29, 0.717) is 0 Å². The molecule has 0 spiro atoms. The van der Waals surface area contributed by atoms with Crippen LogP contribution in [0.4, 0.5) is 4.79 Å². The highest BCUT2D eigenvalue weighted by Crippen LogP contribution is 2.36. The molecule has 0 bridgehead atoms. The first-order valence-corrected chi connectivity index (χ1v) is 10.9. The Morgan fingerprint density at radius 1 is 1.06 bits per heavy atom. The van der Waals surface area contributed by atoms with Crippen LogP contribution in [-0.4, -0.2) is 55.8 Å². The minimum absolute atomic E-state index is 0.0773. The average molecular weight is 449 g/mol. The topological polar surface area (TPSA) is 92.3 Å². The van der Waals surface area contributed by atoms with E-state index < -0.39 is 42.0 Å². The van der Waals surface area contributed by atoms with Gasteiger partial charge in [0.2, 0.25) is 0 Å². The Bertz CT molecular complexity index is 771. The van der Waals surface area contributed by atoms with Crippen LogP contribution in [0, 0.1) is 0 Å². The standard InChI is InChI=1S/C23H36BNO7/c1-9-29-19(26)15-28-14-18(25-20(27)30-21(2,3)4)16-10-12-17(13-11-16)24-31-22(5,6)23(7,8)32-24/h10-13,18H,9,14-15H2,1-8H3,(H,25,27)/t18-/m0/s1. The van der Waals surface area contributed by atoms with Gasteiger partial charge in [-0.2, -0.15) is 0 Å². The van der Waals surface area contributed by atoms with E-state index in [1.165, 1.54) is 0 Å². The Kier molecular flexibility index (Phi) is 8.36. The number of esters is 1. The van der Waals surface area contributed by atoms with Gasteiger partial charge in [-0.25, -0.2) is 9.59 Å². The monoisotopic (exact) mass is 449 g/mol. The van der Waals surface area contributed by atoms with Crippen molar-refractivity contribution in [3.8, 4) is 0 Å². The summed E-state index contributed by atoms with van der Waals surface area (Å²) in [6, 6.07) is 7.01. The fourth-order valence-electron chi connectivity index (χ4n) is 3.00. The SMILES string of the molecule is CCOC(=O)COC[C@H](NC(=O)OC(C)(C)C)c1ccc(B2OC(C)(C)C(C)(C)O2)cc1. The Balaban J connectivity index is 2.12.